The maximum atomic E-state index is 13.9. The number of aliphatic hydroxyl groups is 1. The lowest BCUT2D eigenvalue weighted by atomic mass is 10.0. The van der Waals surface area contributed by atoms with E-state index in [9.17, 15) is 19.5 Å². The molecule has 2 aliphatic rings. The Morgan fingerprint density at radius 2 is 1.44 bits per heavy atom. The normalized spacial score (nSPS) is 17.3. The van der Waals surface area contributed by atoms with Gasteiger partial charge >= 0.3 is 6.03 Å². The third kappa shape index (κ3) is 11.0. The van der Waals surface area contributed by atoms with Crippen LogP contribution < -0.4 is 15.4 Å². The van der Waals surface area contributed by atoms with E-state index in [1.165, 1.54) is 0 Å². The molecule has 2 saturated heterocycles. The van der Waals surface area contributed by atoms with Crippen molar-refractivity contribution < 1.29 is 24.2 Å². The van der Waals surface area contributed by atoms with Gasteiger partial charge in [-0.25, -0.2) is 4.79 Å². The van der Waals surface area contributed by atoms with Crippen LogP contribution in [0.15, 0.2) is 54.6 Å². The van der Waals surface area contributed by atoms with Crippen LogP contribution in [0.5, 0.6) is 5.75 Å². The molecule has 2 heterocycles. The first-order chi connectivity index (χ1) is 21.8. The van der Waals surface area contributed by atoms with Crippen LogP contribution in [0.2, 0.25) is 0 Å². The molecule has 4 amide bonds. The van der Waals surface area contributed by atoms with Crippen molar-refractivity contribution in [2.45, 2.75) is 71.1 Å². The predicted molar refractivity (Wildman–Crippen MR) is 175 cm³/mol. The number of carbonyl (C=O) groups is 3. The number of nitrogens with zero attached hydrogens (tertiary/aromatic N) is 3. The van der Waals surface area contributed by atoms with Crippen molar-refractivity contribution in [1.29, 1.82) is 0 Å². The number of amides is 4. The number of nitrogens with one attached hydrogen (secondary N) is 2. The lowest BCUT2D eigenvalue weighted by molar-refractivity contribution is -0.138. The van der Waals surface area contributed by atoms with Gasteiger partial charge in [0.05, 0.1) is 6.61 Å². The maximum Gasteiger partial charge on any atom is 0.318 e. The average Bonchev–Trinajstić information content (AvgIpc) is 3.34. The quantitative estimate of drug-likeness (QED) is 0.316. The average molecular weight is 622 g/mol. The van der Waals surface area contributed by atoms with E-state index in [0.29, 0.717) is 65.3 Å². The van der Waals surface area contributed by atoms with Crippen LogP contribution in [0, 0.1) is 5.92 Å². The van der Waals surface area contributed by atoms with Crippen molar-refractivity contribution >= 4 is 17.8 Å². The molecule has 2 fully saturated rings. The summed E-state index contributed by atoms with van der Waals surface area (Å²) in [5.74, 6) is 0.413. The van der Waals surface area contributed by atoms with Crippen LogP contribution in [0.4, 0.5) is 4.79 Å². The smallest absolute Gasteiger partial charge is 0.318 e. The molecule has 0 unspecified atom stereocenters. The van der Waals surface area contributed by atoms with Crippen molar-refractivity contribution in [1.82, 2.24) is 25.3 Å². The summed E-state index contributed by atoms with van der Waals surface area (Å²) in [5.41, 5.74) is 1.97. The van der Waals surface area contributed by atoms with Gasteiger partial charge in [0.25, 0.3) is 0 Å². The summed E-state index contributed by atoms with van der Waals surface area (Å²) in [6.07, 6.45) is 4.93. The van der Waals surface area contributed by atoms with Crippen molar-refractivity contribution in [3.8, 4) is 5.75 Å². The van der Waals surface area contributed by atoms with Gasteiger partial charge in [-0.1, -0.05) is 69.2 Å². The van der Waals surface area contributed by atoms with Gasteiger partial charge in [-0.05, 0) is 48.4 Å². The van der Waals surface area contributed by atoms with Crippen molar-refractivity contribution in [3.63, 3.8) is 0 Å². The maximum absolute atomic E-state index is 13.9. The number of β-amino-alcohol motifs (C(OH)–C–C–N with tert-alkyl or cyclic N) is 1. The zero-order chi connectivity index (χ0) is 32.0. The van der Waals surface area contributed by atoms with E-state index >= 15 is 0 Å². The molecule has 3 N–H and O–H groups in total. The SMILES string of the molecule is CC(C)C[C@H](NC(=O)N1CCCCCC1)C(=O)N[C@@H](Cc1ccc(OCc2ccccc2)cc1)C(=O)N1CCN(CCO)CC1. The van der Waals surface area contributed by atoms with Crippen LogP contribution in [0.25, 0.3) is 0 Å². The summed E-state index contributed by atoms with van der Waals surface area (Å²) in [7, 11) is 0. The summed E-state index contributed by atoms with van der Waals surface area (Å²) in [6, 6.07) is 15.8. The number of carbonyl (C=O) groups excluding carboxylic acids is 3. The molecule has 4 rings (SSSR count). The third-order valence-electron chi connectivity index (χ3n) is 8.54. The number of ether oxygens (including phenoxy) is 1. The highest BCUT2D eigenvalue weighted by Gasteiger charge is 2.32. The van der Waals surface area contributed by atoms with Gasteiger partial charge in [0.2, 0.25) is 11.8 Å². The second-order valence-electron chi connectivity index (χ2n) is 12.6. The van der Waals surface area contributed by atoms with Crippen molar-refractivity contribution in [2.75, 3.05) is 52.4 Å². The second-order valence-corrected chi connectivity index (χ2v) is 12.6. The van der Waals surface area contributed by atoms with Crippen LogP contribution >= 0.6 is 0 Å². The highest BCUT2D eigenvalue weighted by molar-refractivity contribution is 5.92. The number of hydrogen-bond donors (Lipinski definition) is 3. The first-order valence-corrected chi connectivity index (χ1v) is 16.6. The Bertz CT molecular complexity index is 1190. The summed E-state index contributed by atoms with van der Waals surface area (Å²) < 4.78 is 5.94. The third-order valence-corrected chi connectivity index (χ3v) is 8.54. The van der Waals surface area contributed by atoms with E-state index in [1.807, 2.05) is 73.3 Å². The summed E-state index contributed by atoms with van der Waals surface area (Å²) in [6.45, 7) is 8.93. The highest BCUT2D eigenvalue weighted by Crippen LogP contribution is 2.17. The summed E-state index contributed by atoms with van der Waals surface area (Å²) >= 11 is 0. The van der Waals surface area contributed by atoms with Crippen molar-refractivity contribution in [2.24, 2.45) is 5.92 Å². The van der Waals surface area contributed by atoms with Gasteiger partial charge in [0, 0.05) is 52.2 Å². The summed E-state index contributed by atoms with van der Waals surface area (Å²) in [4.78, 5) is 46.6. The minimum Gasteiger partial charge on any atom is -0.489 e. The molecular weight excluding hydrogens is 570 g/mol. The molecule has 0 radical (unpaired) electrons. The number of rotatable bonds is 13. The fraction of sp³-hybridized carbons (Fsp3) is 0.571. The highest BCUT2D eigenvalue weighted by atomic mass is 16.5. The molecule has 2 atom stereocenters. The molecule has 45 heavy (non-hydrogen) atoms. The second kappa shape index (κ2) is 17.8. The Labute approximate surface area is 268 Å². The van der Waals surface area contributed by atoms with E-state index < -0.39 is 12.1 Å². The number of aliphatic hydroxyl groups excluding tert-OH is 1. The largest absolute Gasteiger partial charge is 0.489 e. The van der Waals surface area contributed by atoms with Gasteiger partial charge in [-0.3, -0.25) is 14.5 Å². The topological polar surface area (TPSA) is 114 Å². The van der Waals surface area contributed by atoms with Crippen molar-refractivity contribution in [3.05, 3.63) is 65.7 Å². The summed E-state index contributed by atoms with van der Waals surface area (Å²) in [5, 5.41) is 15.3. The van der Waals surface area contributed by atoms with E-state index in [-0.39, 0.29) is 30.4 Å². The molecular formula is C35H51N5O5. The standard InChI is InChI=1S/C35H51N5O5/c1-27(2)24-31(37-35(44)40-16-8-3-4-9-17-40)33(42)36-32(34(43)39-20-18-38(19-21-39)22-23-41)25-28-12-14-30(15-13-28)45-26-29-10-6-5-7-11-29/h5-7,10-15,27,31-32,41H,3-4,8-9,16-26H2,1-2H3,(H,36,42)(H,37,44)/t31-,32-/m0/s1. The Kier molecular flexibility index (Phi) is 13.5. The Hall–Kier alpha value is -3.63. The van der Waals surface area contributed by atoms with Gasteiger partial charge in [-0.2, -0.15) is 0 Å². The van der Waals surface area contributed by atoms with Gasteiger partial charge in [0.1, 0.15) is 24.4 Å². The lowest BCUT2D eigenvalue weighted by Gasteiger charge is -2.36. The molecule has 0 saturated carbocycles. The molecule has 0 spiro atoms. The molecule has 10 nitrogen and oxygen atoms in total. The van der Waals surface area contributed by atoms with Crippen LogP contribution in [0.1, 0.15) is 57.1 Å². The monoisotopic (exact) mass is 621 g/mol. The van der Waals surface area contributed by atoms with E-state index in [0.717, 1.165) is 42.6 Å². The number of urea groups is 1. The number of piperazine rings is 1. The minimum atomic E-state index is -0.789. The zero-order valence-electron chi connectivity index (χ0n) is 27.0. The molecule has 2 aromatic carbocycles. The zero-order valence-corrected chi connectivity index (χ0v) is 27.0. The lowest BCUT2D eigenvalue weighted by Crippen LogP contribution is -2.59. The molecule has 0 bridgehead atoms. The fourth-order valence-electron chi connectivity index (χ4n) is 5.94. The first-order valence-electron chi connectivity index (χ1n) is 16.6. The Morgan fingerprint density at radius 1 is 0.778 bits per heavy atom. The fourth-order valence-corrected chi connectivity index (χ4v) is 5.94. The molecule has 2 aliphatic heterocycles. The minimum absolute atomic E-state index is 0.0814. The van der Waals surface area contributed by atoms with E-state index in [1.54, 1.807) is 4.90 Å². The number of hydrogen-bond acceptors (Lipinski definition) is 6. The molecule has 246 valence electrons. The van der Waals surface area contributed by atoms with Gasteiger partial charge in [0.15, 0.2) is 0 Å². The molecule has 2 aromatic rings. The van der Waals surface area contributed by atoms with Crippen LogP contribution in [0.3, 0.4) is 0 Å². The van der Waals surface area contributed by atoms with E-state index in [4.69, 9.17) is 4.74 Å². The van der Waals surface area contributed by atoms with Crippen LogP contribution in [-0.4, -0.2) is 102 Å². The number of likely N-dealkylation sites (tertiary alicyclic amines) is 1. The van der Waals surface area contributed by atoms with E-state index in [2.05, 4.69) is 15.5 Å². The predicted octanol–water partition coefficient (Wildman–Crippen LogP) is 3.43. The van der Waals surface area contributed by atoms with Gasteiger partial charge < -0.3 is 30.3 Å². The van der Waals surface area contributed by atoms with Gasteiger partial charge in [-0.15, -0.1) is 0 Å². The number of benzene rings is 2. The molecule has 0 aliphatic carbocycles. The Balaban J connectivity index is 1.45. The first kappa shape index (κ1) is 34.2. The molecule has 0 aromatic heterocycles. The van der Waals surface area contributed by atoms with Crippen LogP contribution in [-0.2, 0) is 22.6 Å². The molecule has 10 heteroatoms. The Morgan fingerprint density at radius 3 is 2.07 bits per heavy atom.